The molecule has 0 fully saturated rings. The quantitative estimate of drug-likeness (QED) is 0.366. The Hall–Kier alpha value is -3.17. The van der Waals surface area contributed by atoms with E-state index in [-0.39, 0.29) is 45.7 Å². The number of benzene rings is 2. The minimum absolute atomic E-state index is 0.0157. The van der Waals surface area contributed by atoms with Crippen molar-refractivity contribution in [3.63, 3.8) is 0 Å². The van der Waals surface area contributed by atoms with Crippen LogP contribution in [0.1, 0.15) is 29.7 Å². The van der Waals surface area contributed by atoms with E-state index in [0.29, 0.717) is 26.2 Å². The molecule has 1 atom stereocenters. The summed E-state index contributed by atoms with van der Waals surface area (Å²) in [5.41, 5.74) is 6.45. The maximum Gasteiger partial charge on any atom is 0.362 e. The molecule has 5 rings (SSSR count). The minimum Gasteiger partial charge on any atom is -0.462 e. The van der Waals surface area contributed by atoms with Gasteiger partial charge in [0.2, 0.25) is 11.4 Å². The number of carbonyl (C=O) groups is 1. The number of nitrogens with zero attached hydrogens (tertiary/aromatic N) is 2. The van der Waals surface area contributed by atoms with E-state index in [0.717, 1.165) is 0 Å². The van der Waals surface area contributed by atoms with Gasteiger partial charge in [0.15, 0.2) is 0 Å². The normalized spacial score (nSPS) is 15.1. The topological polar surface area (TPSA) is 113 Å². The second-order valence-corrected chi connectivity index (χ2v) is 9.35. The highest BCUT2D eigenvalue weighted by Crippen LogP contribution is 2.40. The molecule has 0 amide bonds. The summed E-state index contributed by atoms with van der Waals surface area (Å²) in [5.74, 6) is -1.49. The number of carbonyl (C=O) groups excluding carboxylic acids is 1. The van der Waals surface area contributed by atoms with Crippen molar-refractivity contribution < 1.29 is 18.4 Å². The van der Waals surface area contributed by atoms with Crippen LogP contribution < -0.4 is 22.3 Å². The Morgan fingerprint density at radius 3 is 2.44 bits per heavy atom. The number of fused-ring (bicyclic) bond motifs is 3. The number of hydrogen-bond donors (Lipinski definition) is 1. The molecule has 0 spiro atoms. The maximum atomic E-state index is 13.2. The Labute approximate surface area is 223 Å². The fraction of sp³-hybridized carbons (Fsp3) is 0.125. The summed E-state index contributed by atoms with van der Waals surface area (Å²) in [7, 11) is 0. The number of aromatic nitrogens is 2. The van der Waals surface area contributed by atoms with Crippen LogP contribution in [0.2, 0.25) is 20.1 Å². The zero-order valence-electron chi connectivity index (χ0n) is 18.4. The summed E-state index contributed by atoms with van der Waals surface area (Å²) >= 11 is 24.5. The van der Waals surface area contributed by atoms with Crippen molar-refractivity contribution in [2.75, 3.05) is 12.3 Å². The highest BCUT2D eigenvalue weighted by Gasteiger charge is 2.39. The second kappa shape index (κ2) is 9.37. The summed E-state index contributed by atoms with van der Waals surface area (Å²) in [6.45, 7) is 1.74. The van der Waals surface area contributed by atoms with Crippen LogP contribution in [-0.2, 0) is 9.53 Å². The number of hydrogen-bond acceptors (Lipinski definition) is 7. The van der Waals surface area contributed by atoms with Crippen molar-refractivity contribution in [1.82, 2.24) is 9.55 Å². The molecule has 1 aliphatic heterocycles. The van der Waals surface area contributed by atoms with Crippen LogP contribution in [-0.4, -0.2) is 22.1 Å². The molecular formula is C24H15Cl4N3O5. The van der Waals surface area contributed by atoms with Gasteiger partial charge in [-0.15, -0.1) is 0 Å². The summed E-state index contributed by atoms with van der Waals surface area (Å²) < 4.78 is 18.0. The predicted molar refractivity (Wildman–Crippen MR) is 136 cm³/mol. The first-order valence-corrected chi connectivity index (χ1v) is 12.0. The standard InChI is InChI=1S/C24H15Cl4N3O5/c1-2-34-23(33)18-17(11-4-6-13(26)15(28)9-11)19-21(36-24(29)30-19)31-16(22(32)35-20(18)31)8-10-3-5-12(25)14(27)7-10/h3-9,17H,2H2,1H3,(H2,29,30)/b16-8+/t17-/m0/s1. The first-order chi connectivity index (χ1) is 17.2. The molecule has 2 aromatic heterocycles. The van der Waals surface area contributed by atoms with E-state index in [9.17, 15) is 9.59 Å². The van der Waals surface area contributed by atoms with Crippen LogP contribution in [0, 0.1) is 0 Å². The molecule has 36 heavy (non-hydrogen) atoms. The zero-order valence-corrected chi connectivity index (χ0v) is 21.4. The van der Waals surface area contributed by atoms with Crippen molar-refractivity contribution >= 4 is 70.0 Å². The molecule has 2 N–H and O–H groups in total. The molecule has 0 saturated carbocycles. The predicted octanol–water partition coefficient (Wildman–Crippen LogP) is 4.30. The Morgan fingerprint density at radius 1 is 1.08 bits per heavy atom. The van der Waals surface area contributed by atoms with Crippen molar-refractivity contribution in [2.24, 2.45) is 0 Å². The van der Waals surface area contributed by atoms with Gasteiger partial charge in [-0.3, -0.25) is 0 Å². The first kappa shape index (κ1) is 24.5. The number of nitrogen functional groups attached to an aromatic ring is 1. The van der Waals surface area contributed by atoms with E-state index in [1.54, 1.807) is 43.3 Å². The molecule has 0 radical (unpaired) electrons. The molecule has 0 aliphatic carbocycles. The van der Waals surface area contributed by atoms with E-state index in [1.807, 2.05) is 0 Å². The van der Waals surface area contributed by atoms with Crippen molar-refractivity contribution in [3.05, 3.63) is 94.6 Å². The summed E-state index contributed by atoms with van der Waals surface area (Å²) in [5, 5.41) is 1.26. The molecule has 4 aromatic rings. The van der Waals surface area contributed by atoms with Crippen LogP contribution >= 0.6 is 46.4 Å². The van der Waals surface area contributed by atoms with Crippen molar-refractivity contribution in [2.45, 2.75) is 12.8 Å². The molecule has 184 valence electrons. The third kappa shape index (κ3) is 4.10. The SMILES string of the molecule is CCOC(=O)C1=c2oc(=O)/c(=C\c3ccc(Cl)c(Cl)c3)n2-c2oc(N)nc2[C@H]1c1ccc(Cl)c(Cl)c1. The largest absolute Gasteiger partial charge is 0.462 e. The molecule has 12 heteroatoms. The third-order valence-electron chi connectivity index (χ3n) is 5.51. The smallest absolute Gasteiger partial charge is 0.362 e. The van der Waals surface area contributed by atoms with Gasteiger partial charge < -0.3 is 19.3 Å². The third-order valence-corrected chi connectivity index (χ3v) is 6.99. The minimum atomic E-state index is -0.877. The van der Waals surface area contributed by atoms with Gasteiger partial charge in [-0.05, 0) is 48.4 Å². The van der Waals surface area contributed by atoms with E-state index in [4.69, 9.17) is 65.7 Å². The van der Waals surface area contributed by atoms with Gasteiger partial charge in [-0.1, -0.05) is 58.5 Å². The molecule has 3 heterocycles. The number of halogens is 4. The average molecular weight is 567 g/mol. The van der Waals surface area contributed by atoms with E-state index < -0.39 is 17.5 Å². The highest BCUT2D eigenvalue weighted by atomic mass is 35.5. The molecule has 0 saturated heterocycles. The lowest BCUT2D eigenvalue weighted by Gasteiger charge is -2.22. The average Bonchev–Trinajstić information content (AvgIpc) is 3.36. The molecule has 8 nitrogen and oxygen atoms in total. The number of ether oxygens (including phenoxy) is 1. The lowest BCUT2D eigenvalue weighted by Crippen LogP contribution is -2.37. The summed E-state index contributed by atoms with van der Waals surface area (Å²) in [6.07, 6.45) is 1.52. The summed E-state index contributed by atoms with van der Waals surface area (Å²) in [4.78, 5) is 30.6. The Balaban J connectivity index is 1.89. The molecule has 1 aliphatic rings. The van der Waals surface area contributed by atoms with Crippen molar-refractivity contribution in [3.8, 4) is 5.88 Å². The maximum absolute atomic E-state index is 13.2. The van der Waals surface area contributed by atoms with Gasteiger partial charge >= 0.3 is 11.6 Å². The number of anilines is 1. The molecule has 0 unspecified atom stereocenters. The van der Waals surface area contributed by atoms with Crippen LogP contribution in [0.3, 0.4) is 0 Å². The number of rotatable bonds is 4. The van der Waals surface area contributed by atoms with Crippen LogP contribution in [0.15, 0.2) is 50.0 Å². The van der Waals surface area contributed by atoms with E-state index in [2.05, 4.69) is 4.98 Å². The lowest BCUT2D eigenvalue weighted by atomic mass is 9.87. The van der Waals surface area contributed by atoms with Crippen LogP contribution in [0.25, 0.3) is 17.5 Å². The fourth-order valence-electron chi connectivity index (χ4n) is 4.03. The van der Waals surface area contributed by atoms with Gasteiger partial charge in [0.25, 0.3) is 6.01 Å². The Bertz CT molecular complexity index is 1720. The van der Waals surface area contributed by atoms with E-state index in [1.165, 1.54) is 10.6 Å². The molecular weight excluding hydrogens is 552 g/mol. The monoisotopic (exact) mass is 565 g/mol. The number of esters is 1. The summed E-state index contributed by atoms with van der Waals surface area (Å²) in [6, 6.07) is 9.50. The van der Waals surface area contributed by atoms with Crippen molar-refractivity contribution in [1.29, 1.82) is 0 Å². The number of nitrogens with two attached hydrogens (primary N) is 1. The Kier molecular flexibility index (Phi) is 6.38. The van der Waals surface area contributed by atoms with Crippen LogP contribution in [0.4, 0.5) is 6.01 Å². The van der Waals surface area contributed by atoms with Gasteiger partial charge in [0, 0.05) is 0 Å². The van der Waals surface area contributed by atoms with Gasteiger partial charge in [-0.2, -0.15) is 4.98 Å². The number of oxazole rings is 2. The first-order valence-electron chi connectivity index (χ1n) is 10.5. The molecule has 2 aromatic carbocycles. The molecule has 0 bridgehead atoms. The van der Waals surface area contributed by atoms with E-state index >= 15 is 0 Å². The zero-order chi connectivity index (χ0) is 25.7. The second-order valence-electron chi connectivity index (χ2n) is 7.72. The van der Waals surface area contributed by atoms with Crippen LogP contribution in [0.5, 0.6) is 0 Å². The van der Waals surface area contributed by atoms with Gasteiger partial charge in [-0.25, -0.2) is 14.2 Å². The van der Waals surface area contributed by atoms with Gasteiger partial charge in [0.1, 0.15) is 16.6 Å². The Morgan fingerprint density at radius 2 is 1.78 bits per heavy atom. The lowest BCUT2D eigenvalue weighted by molar-refractivity contribution is -0.136. The highest BCUT2D eigenvalue weighted by molar-refractivity contribution is 6.42. The van der Waals surface area contributed by atoms with Gasteiger partial charge in [0.05, 0.1) is 32.6 Å². The fourth-order valence-corrected chi connectivity index (χ4v) is 4.64.